The van der Waals surface area contributed by atoms with Crippen LogP contribution >= 0.6 is 0 Å². The Morgan fingerprint density at radius 2 is 0.762 bits per heavy atom. The maximum atomic E-state index is 11.9. The molecule has 0 unspecified atom stereocenters. The Kier molecular flexibility index (Phi) is 31.9. The van der Waals surface area contributed by atoms with Crippen LogP contribution in [0.2, 0.25) is 0 Å². The number of ether oxygens (including phenoxy) is 2. The SMILES string of the molecule is CCCCCCCCCCCCCCCCCCCCCC(=O)OC[C@H](O)COC(=O)CCCCCCCCC(C)C. The lowest BCUT2D eigenvalue weighted by Crippen LogP contribution is -2.25. The molecule has 0 heterocycles. The van der Waals surface area contributed by atoms with Crippen molar-refractivity contribution in [3.05, 3.63) is 0 Å². The predicted molar refractivity (Wildman–Crippen MR) is 178 cm³/mol. The molecule has 0 aromatic rings. The van der Waals surface area contributed by atoms with Gasteiger partial charge in [-0.25, -0.2) is 0 Å². The summed E-state index contributed by atoms with van der Waals surface area (Å²) in [6.07, 6.45) is 33.2. The van der Waals surface area contributed by atoms with Crippen molar-refractivity contribution >= 4 is 11.9 Å². The van der Waals surface area contributed by atoms with E-state index in [-0.39, 0.29) is 25.2 Å². The lowest BCUT2D eigenvalue weighted by Gasteiger charge is -2.12. The van der Waals surface area contributed by atoms with Crippen LogP contribution in [0, 0.1) is 5.92 Å². The molecule has 0 aliphatic heterocycles. The lowest BCUT2D eigenvalue weighted by molar-refractivity contribution is -0.152. The molecule has 0 amide bonds. The number of rotatable bonds is 33. The molecule has 0 rings (SSSR count). The molecular formula is C37H72O5. The summed E-state index contributed by atoms with van der Waals surface area (Å²) < 4.78 is 10.3. The van der Waals surface area contributed by atoms with Gasteiger partial charge in [0.25, 0.3) is 0 Å². The van der Waals surface area contributed by atoms with Crippen LogP contribution in [-0.2, 0) is 19.1 Å². The molecule has 0 aromatic carbocycles. The number of unbranched alkanes of at least 4 members (excludes halogenated alkanes) is 23. The number of aliphatic hydroxyl groups is 1. The van der Waals surface area contributed by atoms with E-state index < -0.39 is 6.10 Å². The quantitative estimate of drug-likeness (QED) is 0.0602. The van der Waals surface area contributed by atoms with Crippen LogP contribution in [0.4, 0.5) is 0 Å². The van der Waals surface area contributed by atoms with Crippen LogP contribution < -0.4 is 0 Å². The van der Waals surface area contributed by atoms with Crippen molar-refractivity contribution in [1.29, 1.82) is 0 Å². The van der Waals surface area contributed by atoms with Gasteiger partial charge < -0.3 is 14.6 Å². The molecule has 250 valence electrons. The van der Waals surface area contributed by atoms with E-state index in [0.29, 0.717) is 12.8 Å². The third-order valence-corrected chi connectivity index (χ3v) is 8.27. The minimum Gasteiger partial charge on any atom is -0.463 e. The first-order valence-electron chi connectivity index (χ1n) is 18.4. The first kappa shape index (κ1) is 40.9. The van der Waals surface area contributed by atoms with Gasteiger partial charge >= 0.3 is 11.9 Å². The van der Waals surface area contributed by atoms with Crippen LogP contribution in [0.5, 0.6) is 0 Å². The van der Waals surface area contributed by atoms with Crippen LogP contribution in [0.3, 0.4) is 0 Å². The van der Waals surface area contributed by atoms with Gasteiger partial charge in [-0.15, -0.1) is 0 Å². The molecule has 0 aromatic heterocycles. The van der Waals surface area contributed by atoms with E-state index in [2.05, 4.69) is 20.8 Å². The Hall–Kier alpha value is -1.10. The molecule has 5 heteroatoms. The molecule has 0 bridgehead atoms. The summed E-state index contributed by atoms with van der Waals surface area (Å²) in [5.41, 5.74) is 0. The van der Waals surface area contributed by atoms with Crippen molar-refractivity contribution in [3.63, 3.8) is 0 Å². The summed E-state index contributed by atoms with van der Waals surface area (Å²) >= 11 is 0. The van der Waals surface area contributed by atoms with E-state index in [4.69, 9.17) is 9.47 Å². The fourth-order valence-corrected chi connectivity index (χ4v) is 5.45. The average molecular weight is 597 g/mol. The van der Waals surface area contributed by atoms with E-state index in [1.54, 1.807) is 0 Å². The fraction of sp³-hybridized carbons (Fsp3) is 0.946. The first-order valence-corrected chi connectivity index (χ1v) is 18.4. The zero-order valence-corrected chi connectivity index (χ0v) is 28.4. The molecule has 0 saturated heterocycles. The molecule has 0 spiro atoms. The third-order valence-electron chi connectivity index (χ3n) is 8.27. The third kappa shape index (κ3) is 33.4. The van der Waals surface area contributed by atoms with Gasteiger partial charge in [0.1, 0.15) is 19.3 Å². The van der Waals surface area contributed by atoms with Gasteiger partial charge in [0.15, 0.2) is 0 Å². The number of hydrogen-bond donors (Lipinski definition) is 1. The summed E-state index contributed by atoms with van der Waals surface area (Å²) in [5.74, 6) is 0.219. The highest BCUT2D eigenvalue weighted by molar-refractivity contribution is 5.69. The molecule has 0 aliphatic carbocycles. The molecule has 1 N–H and O–H groups in total. The van der Waals surface area contributed by atoms with Crippen molar-refractivity contribution < 1.29 is 24.2 Å². The Balaban J connectivity index is 3.36. The number of hydrogen-bond acceptors (Lipinski definition) is 5. The fourth-order valence-electron chi connectivity index (χ4n) is 5.45. The minimum atomic E-state index is -0.955. The van der Waals surface area contributed by atoms with Crippen molar-refractivity contribution in [3.8, 4) is 0 Å². The second-order valence-corrected chi connectivity index (χ2v) is 13.2. The summed E-state index contributed by atoms with van der Waals surface area (Å²) in [6, 6.07) is 0. The monoisotopic (exact) mass is 597 g/mol. The van der Waals surface area contributed by atoms with E-state index in [1.165, 1.54) is 135 Å². The molecule has 0 fully saturated rings. The van der Waals surface area contributed by atoms with E-state index in [9.17, 15) is 14.7 Å². The van der Waals surface area contributed by atoms with Crippen LogP contribution in [0.25, 0.3) is 0 Å². The van der Waals surface area contributed by atoms with Gasteiger partial charge in [-0.1, -0.05) is 175 Å². The Labute approximate surface area is 261 Å². The predicted octanol–water partition coefficient (Wildman–Crippen LogP) is 11.0. The molecule has 0 saturated carbocycles. The van der Waals surface area contributed by atoms with Gasteiger partial charge in [0.05, 0.1) is 0 Å². The van der Waals surface area contributed by atoms with Gasteiger partial charge in [-0.2, -0.15) is 0 Å². The maximum absolute atomic E-state index is 11.9. The molecule has 0 aliphatic rings. The average Bonchev–Trinajstić information content (AvgIpc) is 2.97. The Morgan fingerprint density at radius 3 is 1.07 bits per heavy atom. The van der Waals surface area contributed by atoms with Gasteiger partial charge in [-0.05, 0) is 18.8 Å². The molecule has 5 nitrogen and oxygen atoms in total. The zero-order chi connectivity index (χ0) is 30.9. The standard InChI is InChI=1S/C37H72O5/c1-4-5-6-7-8-9-10-11-12-13-14-15-16-17-18-19-20-24-27-30-36(39)41-32-35(38)33-42-37(40)31-28-25-22-21-23-26-29-34(2)3/h34-35,38H,4-33H2,1-3H3/t35-/m0/s1. The minimum absolute atomic E-state index is 0.110. The van der Waals surface area contributed by atoms with Gasteiger partial charge in [0.2, 0.25) is 0 Å². The van der Waals surface area contributed by atoms with Gasteiger partial charge in [0, 0.05) is 12.8 Å². The molecule has 0 radical (unpaired) electrons. The number of aliphatic hydroxyl groups excluding tert-OH is 1. The topological polar surface area (TPSA) is 72.8 Å². The smallest absolute Gasteiger partial charge is 0.305 e. The highest BCUT2D eigenvalue weighted by Crippen LogP contribution is 2.15. The van der Waals surface area contributed by atoms with E-state index in [0.717, 1.165) is 38.0 Å². The van der Waals surface area contributed by atoms with Crippen LogP contribution in [0.15, 0.2) is 0 Å². The van der Waals surface area contributed by atoms with Crippen molar-refractivity contribution in [2.45, 2.75) is 207 Å². The zero-order valence-electron chi connectivity index (χ0n) is 28.4. The van der Waals surface area contributed by atoms with E-state index >= 15 is 0 Å². The number of esters is 2. The highest BCUT2D eigenvalue weighted by Gasteiger charge is 2.12. The van der Waals surface area contributed by atoms with E-state index in [1.807, 2.05) is 0 Å². The summed E-state index contributed by atoms with van der Waals surface area (Å²) in [5, 5.41) is 9.96. The Bertz CT molecular complexity index is 577. The first-order chi connectivity index (χ1) is 20.5. The van der Waals surface area contributed by atoms with Crippen molar-refractivity contribution in [1.82, 2.24) is 0 Å². The molecular weight excluding hydrogens is 524 g/mol. The molecule has 1 atom stereocenters. The lowest BCUT2D eigenvalue weighted by atomic mass is 10.0. The Morgan fingerprint density at radius 1 is 0.476 bits per heavy atom. The van der Waals surface area contributed by atoms with Crippen LogP contribution in [0.1, 0.15) is 201 Å². The number of carbonyl (C=O) groups is 2. The number of carbonyl (C=O) groups excluding carboxylic acids is 2. The van der Waals surface area contributed by atoms with Gasteiger partial charge in [-0.3, -0.25) is 9.59 Å². The molecule has 42 heavy (non-hydrogen) atoms. The second kappa shape index (κ2) is 32.8. The van der Waals surface area contributed by atoms with Crippen LogP contribution in [-0.4, -0.2) is 36.4 Å². The summed E-state index contributed by atoms with van der Waals surface area (Å²) in [7, 11) is 0. The largest absolute Gasteiger partial charge is 0.463 e. The summed E-state index contributed by atoms with van der Waals surface area (Å²) in [6.45, 7) is 6.58. The maximum Gasteiger partial charge on any atom is 0.305 e. The van der Waals surface area contributed by atoms with Crippen molar-refractivity contribution in [2.75, 3.05) is 13.2 Å². The highest BCUT2D eigenvalue weighted by atomic mass is 16.6. The van der Waals surface area contributed by atoms with Crippen molar-refractivity contribution in [2.24, 2.45) is 5.92 Å². The second-order valence-electron chi connectivity index (χ2n) is 13.2. The summed E-state index contributed by atoms with van der Waals surface area (Å²) in [4.78, 5) is 23.8. The normalized spacial score (nSPS) is 12.1.